The molecular weight excluding hydrogens is 246 g/mol. The van der Waals surface area contributed by atoms with Gasteiger partial charge in [0, 0.05) is 5.69 Å². The number of hydrogen-bond acceptors (Lipinski definition) is 2. The predicted molar refractivity (Wildman–Crippen MR) is 83.9 cm³/mol. The molecule has 0 saturated heterocycles. The zero-order valence-electron chi connectivity index (χ0n) is 13.1. The molecule has 1 heterocycles. The van der Waals surface area contributed by atoms with Crippen molar-refractivity contribution >= 4 is 0 Å². The summed E-state index contributed by atoms with van der Waals surface area (Å²) in [6, 6.07) is 8.56. The fourth-order valence-electron chi connectivity index (χ4n) is 2.82. The zero-order chi connectivity index (χ0) is 14.9. The third kappa shape index (κ3) is 2.63. The van der Waals surface area contributed by atoms with Gasteiger partial charge >= 0.3 is 0 Å². The van der Waals surface area contributed by atoms with Crippen LogP contribution in [0.25, 0.3) is 0 Å². The SMILES string of the molecule is CCc1c(C)nn(C(C)C(N)c2ccc(C)cc2)c1C. The molecule has 2 aromatic rings. The molecule has 2 rings (SSSR count). The summed E-state index contributed by atoms with van der Waals surface area (Å²) in [6.07, 6.45) is 1.02. The minimum absolute atomic E-state index is 0.0432. The predicted octanol–water partition coefficient (Wildman–Crippen LogP) is 3.63. The second-order valence-electron chi connectivity index (χ2n) is 5.62. The fraction of sp³-hybridized carbons (Fsp3) is 0.471. The normalized spacial score (nSPS) is 14.3. The van der Waals surface area contributed by atoms with Crippen molar-refractivity contribution < 1.29 is 0 Å². The average molecular weight is 271 g/mol. The minimum atomic E-state index is -0.0432. The van der Waals surface area contributed by atoms with Crippen molar-refractivity contribution in [1.29, 1.82) is 0 Å². The standard InChI is InChI=1S/C17H25N3/c1-6-16-12(3)19-20(13(16)4)14(5)17(18)15-9-7-11(2)8-10-15/h7-10,14,17H,6,18H2,1-5H3. The molecule has 108 valence electrons. The van der Waals surface area contributed by atoms with Gasteiger partial charge in [-0.1, -0.05) is 36.8 Å². The van der Waals surface area contributed by atoms with Crippen LogP contribution in [0.15, 0.2) is 24.3 Å². The molecule has 0 aliphatic rings. The molecule has 2 atom stereocenters. The Labute approximate surface area is 121 Å². The fourth-order valence-corrected chi connectivity index (χ4v) is 2.82. The Bertz CT molecular complexity index is 581. The monoisotopic (exact) mass is 271 g/mol. The highest BCUT2D eigenvalue weighted by molar-refractivity contribution is 5.27. The van der Waals surface area contributed by atoms with E-state index in [2.05, 4.69) is 68.7 Å². The summed E-state index contributed by atoms with van der Waals surface area (Å²) in [6.45, 7) is 10.6. The van der Waals surface area contributed by atoms with Crippen molar-refractivity contribution in [2.45, 2.75) is 53.1 Å². The first kappa shape index (κ1) is 14.8. The van der Waals surface area contributed by atoms with E-state index in [-0.39, 0.29) is 12.1 Å². The average Bonchev–Trinajstić information content (AvgIpc) is 2.72. The second kappa shape index (κ2) is 5.80. The third-order valence-corrected chi connectivity index (χ3v) is 4.20. The van der Waals surface area contributed by atoms with Crippen LogP contribution >= 0.6 is 0 Å². The van der Waals surface area contributed by atoms with E-state index < -0.39 is 0 Å². The van der Waals surface area contributed by atoms with Gasteiger partial charge in [0.2, 0.25) is 0 Å². The Hall–Kier alpha value is -1.61. The summed E-state index contributed by atoms with van der Waals surface area (Å²) < 4.78 is 2.08. The van der Waals surface area contributed by atoms with E-state index in [0.29, 0.717) is 0 Å². The van der Waals surface area contributed by atoms with Gasteiger partial charge in [0.1, 0.15) is 0 Å². The zero-order valence-corrected chi connectivity index (χ0v) is 13.1. The Kier molecular flexibility index (Phi) is 4.29. The van der Waals surface area contributed by atoms with Crippen LogP contribution < -0.4 is 5.73 Å². The van der Waals surface area contributed by atoms with Gasteiger partial charge < -0.3 is 5.73 Å². The second-order valence-corrected chi connectivity index (χ2v) is 5.62. The molecule has 1 aromatic carbocycles. The molecule has 0 bridgehead atoms. The van der Waals surface area contributed by atoms with Crippen LogP contribution in [0.3, 0.4) is 0 Å². The van der Waals surface area contributed by atoms with Crippen LogP contribution in [-0.4, -0.2) is 9.78 Å². The maximum absolute atomic E-state index is 6.43. The van der Waals surface area contributed by atoms with Gasteiger partial charge in [0.15, 0.2) is 0 Å². The lowest BCUT2D eigenvalue weighted by Gasteiger charge is -2.22. The van der Waals surface area contributed by atoms with Crippen molar-refractivity contribution in [3.05, 3.63) is 52.3 Å². The number of benzene rings is 1. The smallest absolute Gasteiger partial charge is 0.0686 e. The summed E-state index contributed by atoms with van der Waals surface area (Å²) in [4.78, 5) is 0. The van der Waals surface area contributed by atoms with Crippen LogP contribution in [-0.2, 0) is 6.42 Å². The molecular formula is C17H25N3. The lowest BCUT2D eigenvalue weighted by molar-refractivity contribution is 0.405. The van der Waals surface area contributed by atoms with Gasteiger partial charge in [-0.2, -0.15) is 5.10 Å². The first-order valence-corrected chi connectivity index (χ1v) is 7.32. The maximum Gasteiger partial charge on any atom is 0.0686 e. The Morgan fingerprint density at radius 1 is 1.15 bits per heavy atom. The lowest BCUT2D eigenvalue weighted by atomic mass is 10.00. The summed E-state index contributed by atoms with van der Waals surface area (Å²) >= 11 is 0. The van der Waals surface area contributed by atoms with Gasteiger partial charge in [0.05, 0.1) is 17.8 Å². The highest BCUT2D eigenvalue weighted by Gasteiger charge is 2.21. The quantitative estimate of drug-likeness (QED) is 0.922. The molecule has 2 N–H and O–H groups in total. The molecule has 0 saturated carbocycles. The number of hydrogen-bond donors (Lipinski definition) is 1. The number of rotatable bonds is 4. The molecule has 0 amide bonds. The minimum Gasteiger partial charge on any atom is -0.322 e. The molecule has 3 heteroatoms. The van der Waals surface area contributed by atoms with Crippen molar-refractivity contribution in [1.82, 2.24) is 9.78 Å². The van der Waals surface area contributed by atoms with E-state index in [0.717, 1.165) is 17.7 Å². The molecule has 2 unspecified atom stereocenters. The largest absolute Gasteiger partial charge is 0.322 e. The number of aromatic nitrogens is 2. The third-order valence-electron chi connectivity index (χ3n) is 4.20. The molecule has 1 aromatic heterocycles. The van der Waals surface area contributed by atoms with Crippen LogP contribution in [0.2, 0.25) is 0 Å². The van der Waals surface area contributed by atoms with Crippen molar-refractivity contribution in [3.63, 3.8) is 0 Å². The molecule has 0 spiro atoms. The van der Waals surface area contributed by atoms with Crippen molar-refractivity contribution in [3.8, 4) is 0 Å². The summed E-state index contributed by atoms with van der Waals surface area (Å²) in [5, 5.41) is 4.68. The summed E-state index contributed by atoms with van der Waals surface area (Å²) in [5.74, 6) is 0. The summed E-state index contributed by atoms with van der Waals surface area (Å²) in [5.41, 5.74) is 12.5. The van der Waals surface area contributed by atoms with Gasteiger partial charge in [0.25, 0.3) is 0 Å². The first-order valence-electron chi connectivity index (χ1n) is 7.32. The van der Waals surface area contributed by atoms with Gasteiger partial charge in [-0.25, -0.2) is 0 Å². The van der Waals surface area contributed by atoms with E-state index in [1.54, 1.807) is 0 Å². The van der Waals surface area contributed by atoms with Crippen LogP contribution in [0.5, 0.6) is 0 Å². The van der Waals surface area contributed by atoms with E-state index in [1.807, 2.05) is 0 Å². The van der Waals surface area contributed by atoms with E-state index in [1.165, 1.54) is 16.8 Å². The molecule has 20 heavy (non-hydrogen) atoms. The molecule has 0 aliphatic carbocycles. The van der Waals surface area contributed by atoms with E-state index >= 15 is 0 Å². The number of nitrogens with zero attached hydrogens (tertiary/aromatic N) is 2. The van der Waals surface area contributed by atoms with Crippen LogP contribution in [0.1, 0.15) is 54.0 Å². The van der Waals surface area contributed by atoms with E-state index in [9.17, 15) is 0 Å². The van der Waals surface area contributed by atoms with Crippen LogP contribution in [0, 0.1) is 20.8 Å². The van der Waals surface area contributed by atoms with Crippen molar-refractivity contribution in [2.75, 3.05) is 0 Å². The number of nitrogens with two attached hydrogens (primary N) is 1. The summed E-state index contributed by atoms with van der Waals surface area (Å²) in [7, 11) is 0. The lowest BCUT2D eigenvalue weighted by Crippen LogP contribution is -2.24. The molecule has 0 fully saturated rings. The maximum atomic E-state index is 6.43. The van der Waals surface area contributed by atoms with Crippen molar-refractivity contribution in [2.24, 2.45) is 5.73 Å². The Morgan fingerprint density at radius 2 is 1.75 bits per heavy atom. The van der Waals surface area contributed by atoms with Gasteiger partial charge in [-0.3, -0.25) is 4.68 Å². The Morgan fingerprint density at radius 3 is 2.25 bits per heavy atom. The van der Waals surface area contributed by atoms with E-state index in [4.69, 9.17) is 5.73 Å². The number of aryl methyl sites for hydroxylation is 2. The Balaban J connectivity index is 2.31. The highest BCUT2D eigenvalue weighted by atomic mass is 15.3. The highest BCUT2D eigenvalue weighted by Crippen LogP contribution is 2.27. The van der Waals surface area contributed by atoms with Gasteiger partial charge in [-0.05, 0) is 45.2 Å². The molecule has 3 nitrogen and oxygen atoms in total. The molecule has 0 aliphatic heterocycles. The van der Waals surface area contributed by atoms with Gasteiger partial charge in [-0.15, -0.1) is 0 Å². The topological polar surface area (TPSA) is 43.8 Å². The van der Waals surface area contributed by atoms with Crippen LogP contribution in [0.4, 0.5) is 0 Å². The first-order chi connectivity index (χ1) is 9.45. The molecule has 0 radical (unpaired) electrons.